The smallest absolute Gasteiger partial charge is 0.406 e. The molecule has 0 radical (unpaired) electrons. The maximum atomic E-state index is 12.1. The highest BCUT2D eigenvalue weighted by Crippen LogP contribution is 2.29. The second kappa shape index (κ2) is 5.58. The van der Waals surface area contributed by atoms with Crippen LogP contribution in [0, 0.1) is 0 Å². The minimum Gasteiger partial charge on any atom is -0.406 e. The lowest BCUT2D eigenvalue weighted by Crippen LogP contribution is -2.23. The number of aliphatic hydroxyl groups is 1. The van der Waals surface area contributed by atoms with E-state index in [1.165, 1.54) is 32.2 Å². The third kappa shape index (κ3) is 4.54. The number of halogens is 3. The number of alkyl halides is 3. The molecule has 1 atom stereocenters. The molecule has 0 spiro atoms. The van der Waals surface area contributed by atoms with E-state index < -0.39 is 12.0 Å². The van der Waals surface area contributed by atoms with Crippen molar-refractivity contribution < 1.29 is 27.8 Å². The fraction of sp³-hybridized carbons (Fsp3) is 0.500. The monoisotopic (exact) mass is 264 g/mol. The zero-order valence-electron chi connectivity index (χ0n) is 10.1. The molecule has 1 aromatic carbocycles. The van der Waals surface area contributed by atoms with Crippen LogP contribution in [0.1, 0.15) is 18.9 Å². The lowest BCUT2D eigenvalue weighted by Gasteiger charge is -2.24. The van der Waals surface area contributed by atoms with Gasteiger partial charge in [0.05, 0.1) is 5.60 Å². The zero-order valence-corrected chi connectivity index (χ0v) is 10.1. The molecule has 0 aromatic heterocycles. The van der Waals surface area contributed by atoms with Crippen molar-refractivity contribution in [3.63, 3.8) is 0 Å². The molecule has 0 bridgehead atoms. The number of benzene rings is 1. The van der Waals surface area contributed by atoms with E-state index in [-0.39, 0.29) is 12.2 Å². The van der Waals surface area contributed by atoms with E-state index in [0.717, 1.165) is 0 Å². The van der Waals surface area contributed by atoms with Crippen molar-refractivity contribution >= 4 is 0 Å². The average Bonchev–Trinajstić information content (AvgIpc) is 2.24. The second-order valence-electron chi connectivity index (χ2n) is 4.09. The third-order valence-electron chi connectivity index (χ3n) is 2.48. The van der Waals surface area contributed by atoms with Gasteiger partial charge in [0.25, 0.3) is 0 Å². The maximum Gasteiger partial charge on any atom is 0.573 e. The van der Waals surface area contributed by atoms with Crippen LogP contribution < -0.4 is 4.74 Å². The molecule has 0 saturated heterocycles. The lowest BCUT2D eigenvalue weighted by atomic mass is 9.93. The van der Waals surface area contributed by atoms with Crippen LogP contribution in [0.4, 0.5) is 13.2 Å². The van der Waals surface area contributed by atoms with Crippen molar-refractivity contribution in [3.05, 3.63) is 29.8 Å². The van der Waals surface area contributed by atoms with E-state index in [0.29, 0.717) is 12.2 Å². The molecule has 1 unspecified atom stereocenters. The molecule has 0 aliphatic rings. The Hall–Kier alpha value is -1.27. The Morgan fingerprint density at radius 3 is 2.50 bits per heavy atom. The van der Waals surface area contributed by atoms with Gasteiger partial charge >= 0.3 is 6.36 Å². The number of ether oxygens (including phenoxy) is 2. The summed E-state index contributed by atoms with van der Waals surface area (Å²) in [6.45, 7) is 1.82. The van der Waals surface area contributed by atoms with Crippen LogP contribution in [-0.2, 0) is 10.3 Å². The summed E-state index contributed by atoms with van der Waals surface area (Å²) in [5, 5.41) is 10.1. The van der Waals surface area contributed by atoms with Gasteiger partial charge in [-0.05, 0) is 24.6 Å². The Morgan fingerprint density at radius 1 is 1.28 bits per heavy atom. The predicted molar refractivity (Wildman–Crippen MR) is 59.2 cm³/mol. The number of rotatable bonds is 5. The molecule has 1 rings (SSSR count). The van der Waals surface area contributed by atoms with Crippen molar-refractivity contribution in [1.82, 2.24) is 0 Å². The molecule has 0 fully saturated rings. The highest BCUT2D eigenvalue weighted by Gasteiger charge is 2.32. The summed E-state index contributed by atoms with van der Waals surface area (Å²) < 4.78 is 44.8. The zero-order chi connectivity index (χ0) is 13.8. The molecule has 1 N–H and O–H groups in total. The van der Waals surface area contributed by atoms with Crippen molar-refractivity contribution in [1.29, 1.82) is 0 Å². The summed E-state index contributed by atoms with van der Waals surface area (Å²) in [5.74, 6) is -0.349. The number of hydrogen-bond donors (Lipinski definition) is 1. The van der Waals surface area contributed by atoms with Gasteiger partial charge in [0.15, 0.2) is 0 Å². The van der Waals surface area contributed by atoms with Gasteiger partial charge in [0, 0.05) is 20.1 Å². The molecular weight excluding hydrogens is 249 g/mol. The molecule has 0 aliphatic carbocycles. The van der Waals surface area contributed by atoms with Crippen LogP contribution in [0.2, 0.25) is 0 Å². The summed E-state index contributed by atoms with van der Waals surface area (Å²) in [6.07, 6.45) is -4.46. The molecule has 0 heterocycles. The summed E-state index contributed by atoms with van der Waals surface area (Å²) in [6, 6.07) is 5.29. The number of hydrogen-bond acceptors (Lipinski definition) is 3. The molecule has 102 valence electrons. The third-order valence-corrected chi connectivity index (χ3v) is 2.48. The molecule has 0 saturated carbocycles. The van der Waals surface area contributed by atoms with E-state index in [2.05, 4.69) is 4.74 Å². The molecule has 6 heteroatoms. The highest BCUT2D eigenvalue weighted by atomic mass is 19.4. The fourth-order valence-corrected chi connectivity index (χ4v) is 1.47. The van der Waals surface area contributed by atoms with Crippen LogP contribution in [0.5, 0.6) is 5.75 Å². The number of methoxy groups -OCH3 is 1. The molecule has 18 heavy (non-hydrogen) atoms. The van der Waals surface area contributed by atoms with Crippen LogP contribution in [0.3, 0.4) is 0 Å². The van der Waals surface area contributed by atoms with Gasteiger partial charge in [-0.15, -0.1) is 13.2 Å². The molecular formula is C12H15F3O3. The van der Waals surface area contributed by atoms with Crippen molar-refractivity contribution in [3.8, 4) is 5.75 Å². The SMILES string of the molecule is COCCC(C)(O)c1cccc(OC(F)(F)F)c1. The summed E-state index contributed by atoms with van der Waals surface area (Å²) in [4.78, 5) is 0. The quantitative estimate of drug-likeness (QED) is 0.888. The topological polar surface area (TPSA) is 38.7 Å². The van der Waals surface area contributed by atoms with Crippen LogP contribution in [0.15, 0.2) is 24.3 Å². The predicted octanol–water partition coefficient (Wildman–Crippen LogP) is 2.83. The van der Waals surface area contributed by atoms with Crippen molar-refractivity contribution in [2.24, 2.45) is 0 Å². The maximum absolute atomic E-state index is 12.1. The van der Waals surface area contributed by atoms with Gasteiger partial charge in [-0.2, -0.15) is 0 Å². The van der Waals surface area contributed by atoms with E-state index in [1.807, 2.05) is 0 Å². The Bertz CT molecular complexity index is 388. The molecule has 0 amide bonds. The van der Waals surface area contributed by atoms with Crippen molar-refractivity contribution in [2.45, 2.75) is 25.3 Å². The van der Waals surface area contributed by atoms with Crippen molar-refractivity contribution in [2.75, 3.05) is 13.7 Å². The molecule has 3 nitrogen and oxygen atoms in total. The van der Waals surface area contributed by atoms with Gasteiger partial charge in [-0.3, -0.25) is 0 Å². The molecule has 0 aliphatic heterocycles. The lowest BCUT2D eigenvalue weighted by molar-refractivity contribution is -0.274. The Morgan fingerprint density at radius 2 is 1.94 bits per heavy atom. The minimum absolute atomic E-state index is 0.277. The van der Waals surface area contributed by atoms with Crippen LogP contribution in [0.25, 0.3) is 0 Å². The normalized spacial score (nSPS) is 15.2. The van der Waals surface area contributed by atoms with E-state index in [4.69, 9.17) is 4.74 Å². The van der Waals surface area contributed by atoms with Gasteiger partial charge in [-0.25, -0.2) is 0 Å². The Kier molecular flexibility index (Phi) is 4.59. The fourth-order valence-electron chi connectivity index (χ4n) is 1.47. The van der Waals surface area contributed by atoms with Crippen LogP contribution >= 0.6 is 0 Å². The summed E-state index contributed by atoms with van der Waals surface area (Å²) in [5.41, 5.74) is -0.914. The van der Waals surface area contributed by atoms with Gasteiger partial charge in [-0.1, -0.05) is 12.1 Å². The first-order valence-electron chi connectivity index (χ1n) is 5.32. The van der Waals surface area contributed by atoms with Crippen LogP contribution in [-0.4, -0.2) is 25.2 Å². The van der Waals surface area contributed by atoms with Gasteiger partial charge < -0.3 is 14.6 Å². The Balaban J connectivity index is 2.87. The Labute approximate surface area is 103 Å². The first-order valence-corrected chi connectivity index (χ1v) is 5.32. The summed E-state index contributed by atoms with van der Waals surface area (Å²) >= 11 is 0. The van der Waals surface area contributed by atoms with E-state index >= 15 is 0 Å². The average molecular weight is 264 g/mol. The van der Waals surface area contributed by atoms with Gasteiger partial charge in [0.2, 0.25) is 0 Å². The van der Waals surface area contributed by atoms with Gasteiger partial charge in [0.1, 0.15) is 5.75 Å². The first-order chi connectivity index (χ1) is 8.24. The minimum atomic E-state index is -4.74. The standard InChI is InChI=1S/C12H15F3O3/c1-11(16,6-7-17-2)9-4-3-5-10(8-9)18-12(13,14)15/h3-5,8,16H,6-7H2,1-2H3. The second-order valence-corrected chi connectivity index (χ2v) is 4.09. The van der Waals surface area contributed by atoms with E-state index in [9.17, 15) is 18.3 Å². The van der Waals surface area contributed by atoms with E-state index in [1.54, 1.807) is 6.07 Å². The highest BCUT2D eigenvalue weighted by molar-refractivity contribution is 5.32. The largest absolute Gasteiger partial charge is 0.573 e. The summed E-state index contributed by atoms with van der Waals surface area (Å²) in [7, 11) is 1.49. The molecule has 1 aromatic rings. The first kappa shape index (κ1) is 14.8.